The largest absolute Gasteiger partial charge is 0.497 e. The highest BCUT2D eigenvalue weighted by Crippen LogP contribution is 2.25. The predicted octanol–water partition coefficient (Wildman–Crippen LogP) is 4.18. The van der Waals surface area contributed by atoms with Gasteiger partial charge in [0.2, 0.25) is 11.7 Å². The molecule has 0 atom stereocenters. The first-order chi connectivity index (χ1) is 13.8. The molecule has 0 saturated carbocycles. The van der Waals surface area contributed by atoms with E-state index in [-0.39, 0.29) is 0 Å². The molecule has 0 aliphatic rings. The maximum atomic E-state index is 5.40. The lowest BCUT2D eigenvalue weighted by Gasteiger charge is -2.07. The molecule has 0 aliphatic heterocycles. The maximum absolute atomic E-state index is 5.40. The summed E-state index contributed by atoms with van der Waals surface area (Å²) < 4.78 is 12.6. The van der Waals surface area contributed by atoms with Gasteiger partial charge in [0, 0.05) is 11.6 Å². The van der Waals surface area contributed by atoms with E-state index < -0.39 is 0 Å². The smallest absolute Gasteiger partial charge is 0.237 e. The monoisotopic (exact) mass is 393 g/mol. The van der Waals surface area contributed by atoms with Crippen LogP contribution in [0, 0.1) is 0 Å². The molecule has 0 fully saturated rings. The van der Waals surface area contributed by atoms with Gasteiger partial charge in [-0.05, 0) is 24.1 Å². The Morgan fingerprint density at radius 3 is 2.79 bits per heavy atom. The minimum atomic E-state index is 0.503. The Labute approximate surface area is 166 Å². The van der Waals surface area contributed by atoms with Crippen molar-refractivity contribution in [3.63, 3.8) is 0 Å². The molecule has 7 nitrogen and oxygen atoms in total. The molecule has 0 amide bonds. The Morgan fingerprint density at radius 1 is 1.14 bits per heavy atom. The third-order valence-corrected chi connectivity index (χ3v) is 5.19. The molecule has 0 radical (unpaired) electrons. The molecule has 4 aromatic rings. The Hall–Kier alpha value is -3.13. The van der Waals surface area contributed by atoms with E-state index in [4.69, 9.17) is 9.26 Å². The lowest BCUT2D eigenvalue weighted by molar-refractivity contribution is 0.391. The molecule has 0 aliphatic carbocycles. The molecule has 0 unspecified atom stereocenters. The summed E-state index contributed by atoms with van der Waals surface area (Å²) in [6.07, 6.45) is 2.67. The van der Waals surface area contributed by atoms with Crippen molar-refractivity contribution in [1.29, 1.82) is 0 Å². The molecule has 0 N–H and O–H groups in total. The van der Waals surface area contributed by atoms with Gasteiger partial charge in [-0.2, -0.15) is 4.98 Å². The molecule has 142 valence electrons. The summed E-state index contributed by atoms with van der Waals surface area (Å²) >= 11 is 1.48. The van der Waals surface area contributed by atoms with Gasteiger partial charge in [0.15, 0.2) is 5.16 Å². The normalized spacial score (nSPS) is 10.9. The van der Waals surface area contributed by atoms with Crippen molar-refractivity contribution in [3.8, 4) is 22.8 Å². The van der Waals surface area contributed by atoms with Gasteiger partial charge >= 0.3 is 0 Å². The first kappa shape index (κ1) is 18.2. The summed E-state index contributed by atoms with van der Waals surface area (Å²) in [5, 5.41) is 13.0. The van der Waals surface area contributed by atoms with E-state index in [1.165, 1.54) is 17.3 Å². The van der Waals surface area contributed by atoms with Crippen LogP contribution in [-0.2, 0) is 12.2 Å². The number of methoxy groups -OCH3 is 1. The van der Waals surface area contributed by atoms with Crippen molar-refractivity contribution in [3.05, 3.63) is 66.3 Å². The zero-order valence-corrected chi connectivity index (χ0v) is 16.4. The van der Waals surface area contributed by atoms with Crippen LogP contribution in [0.25, 0.3) is 17.1 Å². The van der Waals surface area contributed by atoms with Crippen molar-refractivity contribution < 1.29 is 9.26 Å². The molecule has 2 aromatic heterocycles. The topological polar surface area (TPSA) is 78.9 Å². The van der Waals surface area contributed by atoms with E-state index in [1.807, 2.05) is 41.0 Å². The predicted molar refractivity (Wildman–Crippen MR) is 107 cm³/mol. The average Bonchev–Trinajstić information content (AvgIpc) is 3.42. The van der Waals surface area contributed by atoms with Crippen LogP contribution < -0.4 is 4.74 Å². The lowest BCUT2D eigenvalue weighted by atomic mass is 10.1. The molecule has 8 heteroatoms. The van der Waals surface area contributed by atoms with E-state index in [2.05, 4.69) is 39.4 Å². The van der Waals surface area contributed by atoms with Gasteiger partial charge in [-0.25, -0.2) is 0 Å². The van der Waals surface area contributed by atoms with Gasteiger partial charge in [0.25, 0.3) is 0 Å². The third kappa shape index (κ3) is 3.91. The van der Waals surface area contributed by atoms with Crippen LogP contribution in [0.1, 0.15) is 18.4 Å². The van der Waals surface area contributed by atoms with Gasteiger partial charge in [0.1, 0.15) is 12.1 Å². The molecule has 2 aromatic carbocycles. The van der Waals surface area contributed by atoms with Gasteiger partial charge in [-0.15, -0.1) is 10.2 Å². The molecule has 2 heterocycles. The van der Waals surface area contributed by atoms with E-state index in [0.29, 0.717) is 17.5 Å². The molecule has 4 rings (SSSR count). The zero-order chi connectivity index (χ0) is 19.3. The summed E-state index contributed by atoms with van der Waals surface area (Å²) in [5.41, 5.74) is 3.14. The lowest BCUT2D eigenvalue weighted by Crippen LogP contribution is -1.96. The zero-order valence-electron chi connectivity index (χ0n) is 15.6. The molecule has 0 bridgehead atoms. The fraction of sp³-hybridized carbons (Fsp3) is 0.200. The molecule has 0 saturated heterocycles. The van der Waals surface area contributed by atoms with E-state index in [9.17, 15) is 0 Å². The maximum Gasteiger partial charge on any atom is 0.237 e. The minimum absolute atomic E-state index is 0.503. The van der Waals surface area contributed by atoms with Crippen molar-refractivity contribution in [2.45, 2.75) is 24.3 Å². The highest BCUT2D eigenvalue weighted by Gasteiger charge is 2.13. The summed E-state index contributed by atoms with van der Waals surface area (Å²) in [6, 6.07) is 15.9. The fourth-order valence-electron chi connectivity index (χ4n) is 2.71. The van der Waals surface area contributed by atoms with Crippen molar-refractivity contribution in [2.24, 2.45) is 0 Å². The summed E-state index contributed by atoms with van der Waals surface area (Å²) in [7, 11) is 1.64. The van der Waals surface area contributed by atoms with Crippen LogP contribution in [0.5, 0.6) is 5.75 Å². The number of aromatic nitrogens is 5. The van der Waals surface area contributed by atoms with Gasteiger partial charge in [-0.3, -0.25) is 4.57 Å². The van der Waals surface area contributed by atoms with Crippen molar-refractivity contribution >= 4 is 11.8 Å². The third-order valence-electron chi connectivity index (χ3n) is 4.26. The van der Waals surface area contributed by atoms with Crippen LogP contribution >= 0.6 is 11.8 Å². The number of hydrogen-bond donors (Lipinski definition) is 0. The van der Waals surface area contributed by atoms with Crippen LogP contribution in [-0.4, -0.2) is 32.0 Å². The number of rotatable bonds is 7. The minimum Gasteiger partial charge on any atom is -0.497 e. The van der Waals surface area contributed by atoms with Crippen molar-refractivity contribution in [1.82, 2.24) is 24.9 Å². The van der Waals surface area contributed by atoms with Crippen LogP contribution in [0.15, 0.2) is 64.5 Å². The standard InChI is InChI=1S/C20H19N5O2S/c1-3-14-7-9-15(10-8-14)19-22-18(27-24-19)12-28-20-23-21-13-25(20)16-5-4-6-17(11-16)26-2/h4-11,13H,3,12H2,1-2H3. The second kappa shape index (κ2) is 8.26. The van der Waals surface area contributed by atoms with Crippen LogP contribution in [0.4, 0.5) is 0 Å². The van der Waals surface area contributed by atoms with E-state index in [0.717, 1.165) is 28.6 Å². The Kier molecular flexibility index (Phi) is 5.38. The average molecular weight is 393 g/mol. The van der Waals surface area contributed by atoms with Crippen LogP contribution in [0.2, 0.25) is 0 Å². The second-order valence-corrected chi connectivity index (χ2v) is 6.98. The fourth-order valence-corrected chi connectivity index (χ4v) is 3.47. The summed E-state index contributed by atoms with van der Waals surface area (Å²) in [6.45, 7) is 2.13. The second-order valence-electron chi connectivity index (χ2n) is 6.04. The van der Waals surface area contributed by atoms with Gasteiger partial charge in [0.05, 0.1) is 18.6 Å². The number of hydrogen-bond acceptors (Lipinski definition) is 7. The Bertz CT molecular complexity index is 1060. The first-order valence-corrected chi connectivity index (χ1v) is 9.84. The quantitative estimate of drug-likeness (QED) is 0.436. The van der Waals surface area contributed by atoms with Gasteiger partial charge in [-0.1, -0.05) is 54.2 Å². The van der Waals surface area contributed by atoms with Crippen molar-refractivity contribution in [2.75, 3.05) is 7.11 Å². The summed E-state index contributed by atoms with van der Waals surface area (Å²) in [4.78, 5) is 4.49. The van der Waals surface area contributed by atoms with E-state index in [1.54, 1.807) is 13.4 Å². The molecular formula is C20H19N5O2S. The number of ether oxygens (including phenoxy) is 1. The number of aryl methyl sites for hydroxylation is 1. The van der Waals surface area contributed by atoms with E-state index >= 15 is 0 Å². The number of nitrogens with zero attached hydrogens (tertiary/aromatic N) is 5. The molecule has 28 heavy (non-hydrogen) atoms. The number of thioether (sulfide) groups is 1. The van der Waals surface area contributed by atoms with Gasteiger partial charge < -0.3 is 9.26 Å². The highest BCUT2D eigenvalue weighted by molar-refractivity contribution is 7.98. The van der Waals surface area contributed by atoms with Crippen LogP contribution in [0.3, 0.4) is 0 Å². The Balaban J connectivity index is 1.47. The molecule has 0 spiro atoms. The molecular weight excluding hydrogens is 374 g/mol. The highest BCUT2D eigenvalue weighted by atomic mass is 32.2. The number of benzene rings is 2. The summed E-state index contributed by atoms with van der Waals surface area (Å²) in [5.74, 6) is 2.41. The Morgan fingerprint density at radius 2 is 2.00 bits per heavy atom. The first-order valence-electron chi connectivity index (χ1n) is 8.86. The SMILES string of the molecule is CCc1ccc(-c2noc(CSc3nncn3-c3cccc(OC)c3)n2)cc1.